The molecule has 1 N–H and O–H groups in total. The van der Waals surface area contributed by atoms with Crippen LogP contribution in [0.3, 0.4) is 0 Å². The highest BCUT2D eigenvalue weighted by molar-refractivity contribution is 5.96. The molecule has 0 radical (unpaired) electrons. The minimum Gasteiger partial charge on any atom is -0.350 e. The first-order valence-corrected chi connectivity index (χ1v) is 10.7. The van der Waals surface area contributed by atoms with E-state index in [1.54, 1.807) is 53.8 Å². The van der Waals surface area contributed by atoms with Crippen molar-refractivity contribution in [2.75, 3.05) is 0 Å². The van der Waals surface area contributed by atoms with Gasteiger partial charge < -0.3 is 10.2 Å². The highest BCUT2D eigenvalue weighted by atomic mass is 16.2. The lowest BCUT2D eigenvalue weighted by molar-refractivity contribution is -0.126. The second-order valence-corrected chi connectivity index (χ2v) is 7.52. The van der Waals surface area contributed by atoms with Gasteiger partial charge in [0.25, 0.3) is 5.91 Å². The first-order valence-electron chi connectivity index (χ1n) is 10.7. The van der Waals surface area contributed by atoms with Crippen LogP contribution in [-0.2, 0) is 17.9 Å². The molecule has 2 heterocycles. The number of carbonyl (C=O) groups excluding carboxylic acids is 2. The molecule has 6 heteroatoms. The second kappa shape index (κ2) is 10.8. The van der Waals surface area contributed by atoms with Crippen molar-refractivity contribution in [2.45, 2.75) is 19.1 Å². The van der Waals surface area contributed by atoms with Crippen LogP contribution in [0.15, 0.2) is 110 Å². The number of benzene rings is 2. The van der Waals surface area contributed by atoms with Crippen molar-refractivity contribution in [3.63, 3.8) is 0 Å². The Balaban J connectivity index is 1.70. The van der Waals surface area contributed by atoms with Crippen LogP contribution in [0.25, 0.3) is 0 Å². The quantitative estimate of drug-likeness (QED) is 0.450. The van der Waals surface area contributed by atoms with E-state index in [4.69, 9.17) is 0 Å². The normalized spacial score (nSPS) is 11.4. The molecule has 0 aliphatic rings. The molecule has 2 aromatic heterocycles. The van der Waals surface area contributed by atoms with Crippen molar-refractivity contribution in [3.8, 4) is 0 Å². The van der Waals surface area contributed by atoms with E-state index in [0.29, 0.717) is 12.1 Å². The molecule has 0 spiro atoms. The fourth-order valence-electron chi connectivity index (χ4n) is 3.60. The monoisotopic (exact) mass is 436 g/mol. The molecule has 2 amide bonds. The van der Waals surface area contributed by atoms with Crippen molar-refractivity contribution in [1.82, 2.24) is 20.2 Å². The topological polar surface area (TPSA) is 75.2 Å². The molecule has 0 fully saturated rings. The summed E-state index contributed by atoms with van der Waals surface area (Å²) >= 11 is 0. The lowest BCUT2D eigenvalue weighted by Crippen LogP contribution is -2.43. The van der Waals surface area contributed by atoms with Crippen LogP contribution < -0.4 is 5.32 Å². The van der Waals surface area contributed by atoms with Crippen molar-refractivity contribution in [3.05, 3.63) is 132 Å². The molecule has 6 nitrogen and oxygen atoms in total. The molecule has 0 unspecified atom stereocenters. The molecule has 0 aliphatic heterocycles. The fourth-order valence-corrected chi connectivity index (χ4v) is 3.60. The minimum atomic E-state index is -0.855. The van der Waals surface area contributed by atoms with Crippen molar-refractivity contribution in [2.24, 2.45) is 0 Å². The zero-order valence-electron chi connectivity index (χ0n) is 18.0. The van der Waals surface area contributed by atoms with Crippen LogP contribution in [0.4, 0.5) is 0 Å². The van der Waals surface area contributed by atoms with E-state index in [2.05, 4.69) is 15.3 Å². The van der Waals surface area contributed by atoms with E-state index >= 15 is 0 Å². The first-order chi connectivity index (χ1) is 16.2. The highest BCUT2D eigenvalue weighted by Gasteiger charge is 2.32. The number of hydrogen-bond acceptors (Lipinski definition) is 4. The maximum atomic E-state index is 13.6. The summed E-state index contributed by atoms with van der Waals surface area (Å²) in [6, 6.07) is 27.1. The molecule has 4 rings (SSSR count). The van der Waals surface area contributed by atoms with Gasteiger partial charge >= 0.3 is 0 Å². The molecule has 0 aliphatic carbocycles. The minimum absolute atomic E-state index is 0.252. The van der Waals surface area contributed by atoms with E-state index in [0.717, 1.165) is 11.1 Å². The number of aromatic nitrogens is 2. The first kappa shape index (κ1) is 21.9. The lowest BCUT2D eigenvalue weighted by Gasteiger charge is -2.31. The fraction of sp³-hybridized carbons (Fsp3) is 0.111. The molecule has 33 heavy (non-hydrogen) atoms. The zero-order chi connectivity index (χ0) is 22.9. The van der Waals surface area contributed by atoms with Gasteiger partial charge in [-0.05, 0) is 41.0 Å². The van der Waals surface area contributed by atoms with Crippen LogP contribution >= 0.6 is 0 Å². The standard InChI is InChI=1S/C27H24N4O2/c32-26(30-19-21-9-3-1-4-10-21)25(23-14-17-28-18-15-23)31(20-22-11-5-2-6-12-22)27(33)24-13-7-8-16-29-24/h1-18,25H,19-20H2,(H,30,32)/t25-/m0/s1. The largest absolute Gasteiger partial charge is 0.350 e. The van der Waals surface area contributed by atoms with Gasteiger partial charge in [0.2, 0.25) is 5.91 Å². The third-order valence-electron chi connectivity index (χ3n) is 5.23. The summed E-state index contributed by atoms with van der Waals surface area (Å²) in [4.78, 5) is 37.0. The molecular formula is C27H24N4O2. The van der Waals surface area contributed by atoms with E-state index in [9.17, 15) is 9.59 Å². The molecule has 0 saturated carbocycles. The number of rotatable bonds is 8. The Morgan fingerprint density at radius 2 is 1.39 bits per heavy atom. The van der Waals surface area contributed by atoms with Gasteiger partial charge in [-0.2, -0.15) is 0 Å². The van der Waals surface area contributed by atoms with Gasteiger partial charge in [-0.3, -0.25) is 19.6 Å². The van der Waals surface area contributed by atoms with Crippen LogP contribution in [0, 0.1) is 0 Å². The number of nitrogens with zero attached hydrogens (tertiary/aromatic N) is 3. The zero-order valence-corrected chi connectivity index (χ0v) is 18.0. The Bertz CT molecular complexity index is 1170. The van der Waals surface area contributed by atoms with Crippen molar-refractivity contribution in [1.29, 1.82) is 0 Å². The number of pyridine rings is 2. The summed E-state index contributed by atoms with van der Waals surface area (Å²) in [6.45, 7) is 0.611. The van der Waals surface area contributed by atoms with Gasteiger partial charge in [-0.1, -0.05) is 66.7 Å². The van der Waals surface area contributed by atoms with E-state index in [-0.39, 0.29) is 24.1 Å². The third-order valence-corrected chi connectivity index (χ3v) is 5.23. The van der Waals surface area contributed by atoms with Gasteiger partial charge in [0, 0.05) is 31.7 Å². The molecule has 0 saturated heterocycles. The van der Waals surface area contributed by atoms with Gasteiger partial charge in [0.05, 0.1) is 0 Å². The van der Waals surface area contributed by atoms with Crippen LogP contribution in [0.2, 0.25) is 0 Å². The van der Waals surface area contributed by atoms with Gasteiger partial charge in [0.15, 0.2) is 0 Å². The SMILES string of the molecule is O=C(NCc1ccccc1)[C@H](c1ccncc1)N(Cc1ccccc1)C(=O)c1ccccn1. The summed E-state index contributed by atoms with van der Waals surface area (Å²) < 4.78 is 0. The van der Waals surface area contributed by atoms with E-state index in [1.807, 2.05) is 60.7 Å². The smallest absolute Gasteiger partial charge is 0.273 e. The number of nitrogens with one attached hydrogen (secondary N) is 1. The van der Waals surface area contributed by atoms with Gasteiger partial charge in [-0.25, -0.2) is 0 Å². The number of amides is 2. The Morgan fingerprint density at radius 3 is 2.03 bits per heavy atom. The third kappa shape index (κ3) is 5.68. The van der Waals surface area contributed by atoms with Gasteiger partial charge in [-0.15, -0.1) is 0 Å². The van der Waals surface area contributed by atoms with Crippen LogP contribution in [-0.4, -0.2) is 26.7 Å². The Hall–Kier alpha value is -4.32. The molecule has 2 aromatic carbocycles. The average Bonchev–Trinajstić information content (AvgIpc) is 2.89. The predicted octanol–water partition coefficient (Wildman–Crippen LogP) is 4.18. The van der Waals surface area contributed by atoms with Crippen LogP contribution in [0.1, 0.15) is 33.2 Å². The number of carbonyl (C=O) groups is 2. The Labute approximate surface area is 192 Å². The van der Waals surface area contributed by atoms with Crippen LogP contribution in [0.5, 0.6) is 0 Å². The molecule has 4 aromatic rings. The molecule has 1 atom stereocenters. The Kier molecular flexibility index (Phi) is 7.18. The predicted molar refractivity (Wildman–Crippen MR) is 126 cm³/mol. The summed E-state index contributed by atoms with van der Waals surface area (Å²) in [5.74, 6) is -0.596. The summed E-state index contributed by atoms with van der Waals surface area (Å²) in [7, 11) is 0. The maximum absolute atomic E-state index is 13.6. The summed E-state index contributed by atoms with van der Waals surface area (Å²) in [6.07, 6.45) is 4.82. The lowest BCUT2D eigenvalue weighted by atomic mass is 10.0. The average molecular weight is 437 g/mol. The molecule has 0 bridgehead atoms. The van der Waals surface area contributed by atoms with E-state index < -0.39 is 6.04 Å². The van der Waals surface area contributed by atoms with Crippen molar-refractivity contribution >= 4 is 11.8 Å². The second-order valence-electron chi connectivity index (χ2n) is 7.52. The van der Waals surface area contributed by atoms with E-state index in [1.165, 1.54) is 0 Å². The highest BCUT2D eigenvalue weighted by Crippen LogP contribution is 2.25. The summed E-state index contributed by atoms with van der Waals surface area (Å²) in [5, 5.41) is 3.00. The Morgan fingerprint density at radius 1 is 0.758 bits per heavy atom. The summed E-state index contributed by atoms with van der Waals surface area (Å²) in [5.41, 5.74) is 2.85. The van der Waals surface area contributed by atoms with Gasteiger partial charge in [0.1, 0.15) is 11.7 Å². The molecule has 164 valence electrons. The maximum Gasteiger partial charge on any atom is 0.273 e. The molecular weight excluding hydrogens is 412 g/mol. The number of hydrogen-bond donors (Lipinski definition) is 1. The van der Waals surface area contributed by atoms with Crippen molar-refractivity contribution < 1.29 is 9.59 Å².